The van der Waals surface area contributed by atoms with Gasteiger partial charge in [0.05, 0.1) is 21.6 Å². The quantitative estimate of drug-likeness (QED) is 0.574. The fraction of sp³-hybridized carbons (Fsp3) is 0.263. The molecular formula is C19H18F4N4O3S. The number of carbonyl (C=O) groups excluding carboxylic acids is 1. The molecule has 1 aromatic heterocycles. The van der Waals surface area contributed by atoms with Crippen LogP contribution >= 0.6 is 0 Å². The maximum atomic E-state index is 13.7. The van der Waals surface area contributed by atoms with E-state index in [1.165, 1.54) is 44.4 Å². The van der Waals surface area contributed by atoms with Crippen molar-refractivity contribution in [3.8, 4) is 0 Å². The summed E-state index contributed by atoms with van der Waals surface area (Å²) in [6, 6.07) is 8.84. The highest BCUT2D eigenvalue weighted by molar-refractivity contribution is 7.89. The molecule has 0 radical (unpaired) electrons. The standard InChI is InChI=1S/C19H18F4N4O3S/c1-26(2)31(29,30)12-7-8-16-15(11-12)25-18(19(21,22)23)27(16)10-9-17(28)24-14-6-4-3-5-13(14)20/h3-8,11H,9-10H2,1-2H3,(H,24,28). The molecule has 3 aromatic rings. The molecule has 2 aromatic carbocycles. The number of amides is 1. The predicted octanol–water partition coefficient (Wildman–Crippen LogP) is 3.47. The van der Waals surface area contributed by atoms with E-state index in [2.05, 4.69) is 10.3 Å². The molecular weight excluding hydrogens is 440 g/mol. The Balaban J connectivity index is 1.93. The predicted molar refractivity (Wildman–Crippen MR) is 105 cm³/mol. The number of fused-ring (bicyclic) bond motifs is 1. The summed E-state index contributed by atoms with van der Waals surface area (Å²) < 4.78 is 80.5. The Labute approximate surface area is 175 Å². The van der Waals surface area contributed by atoms with Crippen LogP contribution in [0.2, 0.25) is 0 Å². The minimum Gasteiger partial charge on any atom is -0.324 e. The Morgan fingerprint density at radius 3 is 2.45 bits per heavy atom. The highest BCUT2D eigenvalue weighted by atomic mass is 32.2. The molecule has 0 saturated heterocycles. The average Bonchev–Trinajstić information content (AvgIpc) is 3.06. The SMILES string of the molecule is CN(C)S(=O)(=O)c1ccc2c(c1)nc(C(F)(F)F)n2CCC(=O)Nc1ccccc1F. The number of nitrogens with one attached hydrogen (secondary N) is 1. The Morgan fingerprint density at radius 1 is 1.16 bits per heavy atom. The number of hydrogen-bond donors (Lipinski definition) is 1. The number of alkyl halides is 3. The van der Waals surface area contributed by atoms with E-state index in [-0.39, 0.29) is 28.0 Å². The number of imidazole rings is 1. The van der Waals surface area contributed by atoms with Crippen LogP contribution in [0, 0.1) is 5.82 Å². The molecule has 0 unspecified atom stereocenters. The van der Waals surface area contributed by atoms with Crippen LogP contribution in [0.4, 0.5) is 23.2 Å². The van der Waals surface area contributed by atoms with E-state index >= 15 is 0 Å². The van der Waals surface area contributed by atoms with Crippen molar-refractivity contribution in [1.82, 2.24) is 13.9 Å². The Morgan fingerprint density at radius 2 is 1.84 bits per heavy atom. The van der Waals surface area contributed by atoms with Gasteiger partial charge in [-0.15, -0.1) is 0 Å². The molecule has 1 heterocycles. The number of rotatable bonds is 6. The summed E-state index contributed by atoms with van der Waals surface area (Å²) >= 11 is 0. The molecule has 166 valence electrons. The maximum absolute atomic E-state index is 13.7. The van der Waals surface area contributed by atoms with Crippen molar-refractivity contribution in [1.29, 1.82) is 0 Å². The van der Waals surface area contributed by atoms with E-state index in [4.69, 9.17) is 0 Å². The summed E-state index contributed by atoms with van der Waals surface area (Å²) in [5.74, 6) is -2.62. The number of para-hydroxylation sites is 1. The van der Waals surface area contributed by atoms with Crippen molar-refractivity contribution >= 4 is 32.7 Å². The summed E-state index contributed by atoms with van der Waals surface area (Å²) in [5, 5.41) is 2.31. The second-order valence-corrected chi connectivity index (χ2v) is 8.95. The number of hydrogen-bond acceptors (Lipinski definition) is 4. The van der Waals surface area contributed by atoms with Gasteiger partial charge in [0, 0.05) is 27.1 Å². The van der Waals surface area contributed by atoms with E-state index in [0.29, 0.717) is 0 Å². The number of aryl methyl sites for hydroxylation is 1. The summed E-state index contributed by atoms with van der Waals surface area (Å²) in [7, 11) is -1.27. The van der Waals surface area contributed by atoms with Gasteiger partial charge in [0.2, 0.25) is 21.8 Å². The summed E-state index contributed by atoms with van der Waals surface area (Å²) in [5.41, 5.74) is -0.244. The molecule has 0 fully saturated rings. The van der Waals surface area contributed by atoms with E-state index in [1.807, 2.05) is 0 Å². The highest BCUT2D eigenvalue weighted by Crippen LogP contribution is 2.32. The van der Waals surface area contributed by atoms with Crippen molar-refractivity contribution in [2.45, 2.75) is 24.0 Å². The zero-order valence-electron chi connectivity index (χ0n) is 16.4. The zero-order valence-corrected chi connectivity index (χ0v) is 17.3. The van der Waals surface area contributed by atoms with Gasteiger partial charge in [-0.25, -0.2) is 22.1 Å². The largest absolute Gasteiger partial charge is 0.449 e. The number of carbonyl (C=O) groups is 1. The minimum atomic E-state index is -4.83. The van der Waals surface area contributed by atoms with Crippen molar-refractivity contribution < 1.29 is 30.8 Å². The molecule has 12 heteroatoms. The van der Waals surface area contributed by atoms with Crippen molar-refractivity contribution in [2.75, 3.05) is 19.4 Å². The molecule has 1 N–H and O–H groups in total. The summed E-state index contributed by atoms with van der Waals surface area (Å²) in [6.07, 6.45) is -5.22. The van der Waals surface area contributed by atoms with Crippen LogP contribution in [0.3, 0.4) is 0 Å². The molecule has 1 amide bonds. The topological polar surface area (TPSA) is 84.3 Å². The Bertz CT molecular complexity index is 1240. The molecule has 0 atom stereocenters. The Kier molecular flexibility index (Phi) is 6.05. The molecule has 3 rings (SSSR count). The third kappa shape index (κ3) is 4.69. The zero-order chi connectivity index (χ0) is 23.0. The number of anilines is 1. The van der Waals surface area contributed by atoms with Gasteiger partial charge in [-0.1, -0.05) is 12.1 Å². The van der Waals surface area contributed by atoms with Crippen LogP contribution in [-0.4, -0.2) is 42.3 Å². The van der Waals surface area contributed by atoms with Crippen LogP contribution in [0.25, 0.3) is 11.0 Å². The van der Waals surface area contributed by atoms with Gasteiger partial charge in [-0.3, -0.25) is 4.79 Å². The lowest BCUT2D eigenvalue weighted by Gasteiger charge is -2.13. The van der Waals surface area contributed by atoms with E-state index in [0.717, 1.165) is 21.0 Å². The molecule has 0 saturated carbocycles. The molecule has 31 heavy (non-hydrogen) atoms. The van der Waals surface area contributed by atoms with Crippen LogP contribution in [0.5, 0.6) is 0 Å². The Hall–Kier alpha value is -2.99. The van der Waals surface area contributed by atoms with Crippen molar-refractivity contribution in [3.63, 3.8) is 0 Å². The fourth-order valence-electron chi connectivity index (χ4n) is 2.91. The second-order valence-electron chi connectivity index (χ2n) is 6.80. The summed E-state index contributed by atoms with van der Waals surface area (Å²) in [4.78, 5) is 15.5. The fourth-order valence-corrected chi connectivity index (χ4v) is 3.83. The first-order valence-electron chi connectivity index (χ1n) is 8.95. The lowest BCUT2D eigenvalue weighted by Crippen LogP contribution is -2.22. The van der Waals surface area contributed by atoms with Gasteiger partial charge < -0.3 is 9.88 Å². The first kappa shape index (κ1) is 22.7. The highest BCUT2D eigenvalue weighted by Gasteiger charge is 2.38. The normalized spacial score (nSPS) is 12.5. The third-order valence-corrected chi connectivity index (χ3v) is 6.27. The van der Waals surface area contributed by atoms with Crippen LogP contribution in [-0.2, 0) is 27.5 Å². The van der Waals surface area contributed by atoms with Crippen LogP contribution < -0.4 is 5.32 Å². The number of halogens is 4. The van der Waals surface area contributed by atoms with Gasteiger partial charge in [0.1, 0.15) is 5.82 Å². The van der Waals surface area contributed by atoms with Crippen molar-refractivity contribution in [2.24, 2.45) is 0 Å². The lowest BCUT2D eigenvalue weighted by molar-refractivity contribution is -0.147. The molecule has 0 bridgehead atoms. The first-order chi connectivity index (χ1) is 14.4. The van der Waals surface area contributed by atoms with Gasteiger partial charge in [0.15, 0.2) is 0 Å². The molecule has 0 aliphatic carbocycles. The minimum absolute atomic E-state index is 0.0173. The monoisotopic (exact) mass is 458 g/mol. The van der Waals surface area contributed by atoms with Crippen LogP contribution in [0.1, 0.15) is 12.2 Å². The van der Waals surface area contributed by atoms with Gasteiger partial charge >= 0.3 is 6.18 Å². The molecule has 0 aliphatic heterocycles. The van der Waals surface area contributed by atoms with E-state index in [9.17, 15) is 30.8 Å². The number of aromatic nitrogens is 2. The van der Waals surface area contributed by atoms with Crippen LogP contribution in [0.15, 0.2) is 47.4 Å². The maximum Gasteiger partial charge on any atom is 0.449 e. The number of nitrogens with zero attached hydrogens (tertiary/aromatic N) is 3. The smallest absolute Gasteiger partial charge is 0.324 e. The van der Waals surface area contributed by atoms with E-state index < -0.39 is 40.3 Å². The number of sulfonamides is 1. The molecule has 0 spiro atoms. The first-order valence-corrected chi connectivity index (χ1v) is 10.4. The van der Waals surface area contributed by atoms with Crippen molar-refractivity contribution in [3.05, 3.63) is 54.1 Å². The van der Waals surface area contributed by atoms with Gasteiger partial charge in [-0.05, 0) is 30.3 Å². The van der Waals surface area contributed by atoms with Gasteiger partial charge in [0.25, 0.3) is 0 Å². The molecule has 0 aliphatic rings. The second kappa shape index (κ2) is 8.27. The van der Waals surface area contributed by atoms with Gasteiger partial charge in [-0.2, -0.15) is 13.2 Å². The lowest BCUT2D eigenvalue weighted by atomic mass is 10.3. The molecule has 7 nitrogen and oxygen atoms in total. The average molecular weight is 458 g/mol. The summed E-state index contributed by atoms with van der Waals surface area (Å²) in [6.45, 7) is -0.397. The third-order valence-electron chi connectivity index (χ3n) is 4.46. The number of benzene rings is 2. The van der Waals surface area contributed by atoms with E-state index in [1.54, 1.807) is 0 Å².